The van der Waals surface area contributed by atoms with E-state index in [-0.39, 0.29) is 0 Å². The number of anilines is 1. The molecular weight excluding hydrogens is 243 g/mol. The Bertz CT molecular complexity index is 625. The van der Waals surface area contributed by atoms with E-state index in [1.54, 1.807) is 10.7 Å². The highest BCUT2D eigenvalue weighted by atomic mass is 19.1. The van der Waals surface area contributed by atoms with E-state index in [1.165, 1.54) is 12.1 Å². The van der Waals surface area contributed by atoms with Crippen molar-refractivity contribution >= 4 is 5.69 Å². The average molecular weight is 258 g/mol. The molecule has 0 aliphatic carbocycles. The van der Waals surface area contributed by atoms with Gasteiger partial charge in [-0.05, 0) is 24.6 Å². The molecule has 0 saturated carbocycles. The van der Waals surface area contributed by atoms with Crippen molar-refractivity contribution in [3.05, 3.63) is 47.0 Å². The van der Waals surface area contributed by atoms with E-state index < -0.39 is 5.82 Å². The predicted octanol–water partition coefficient (Wildman–Crippen LogP) is 2.61. The SMILES string of the molecule is CCc1nn(C)cc1CNc1cc(F)cc(C#N)c1. The van der Waals surface area contributed by atoms with Crippen molar-refractivity contribution in [3.63, 3.8) is 0 Å². The number of rotatable bonds is 4. The molecule has 1 heterocycles. The molecule has 19 heavy (non-hydrogen) atoms. The molecule has 0 saturated heterocycles. The second-order valence-corrected chi connectivity index (χ2v) is 4.32. The summed E-state index contributed by atoms with van der Waals surface area (Å²) in [5.74, 6) is -0.413. The van der Waals surface area contributed by atoms with Gasteiger partial charge in [-0.2, -0.15) is 10.4 Å². The van der Waals surface area contributed by atoms with Gasteiger partial charge in [0.15, 0.2) is 0 Å². The smallest absolute Gasteiger partial charge is 0.126 e. The standard InChI is InChI=1S/C14H15FN4/c1-3-14-11(9-19(2)18-14)8-17-13-5-10(7-16)4-12(15)6-13/h4-6,9,17H,3,8H2,1-2H3. The number of aromatic nitrogens is 2. The maximum Gasteiger partial charge on any atom is 0.126 e. The van der Waals surface area contributed by atoms with Gasteiger partial charge in [0.2, 0.25) is 0 Å². The van der Waals surface area contributed by atoms with Crippen molar-refractivity contribution in [1.82, 2.24) is 9.78 Å². The highest BCUT2D eigenvalue weighted by molar-refractivity contribution is 5.50. The normalized spacial score (nSPS) is 10.2. The molecule has 0 aliphatic rings. The van der Waals surface area contributed by atoms with Gasteiger partial charge in [0.05, 0.1) is 17.3 Å². The summed E-state index contributed by atoms with van der Waals surface area (Å²) in [7, 11) is 1.87. The Balaban J connectivity index is 2.14. The minimum atomic E-state index is -0.413. The number of benzene rings is 1. The first-order valence-electron chi connectivity index (χ1n) is 6.08. The lowest BCUT2D eigenvalue weighted by atomic mass is 10.2. The van der Waals surface area contributed by atoms with Crippen LogP contribution in [-0.2, 0) is 20.0 Å². The Hall–Kier alpha value is -2.35. The molecular formula is C14H15FN4. The van der Waals surface area contributed by atoms with E-state index in [1.807, 2.05) is 26.2 Å². The lowest BCUT2D eigenvalue weighted by Crippen LogP contribution is -2.01. The van der Waals surface area contributed by atoms with Crippen LogP contribution in [-0.4, -0.2) is 9.78 Å². The summed E-state index contributed by atoms with van der Waals surface area (Å²) in [6.07, 6.45) is 2.79. The number of hydrogen-bond donors (Lipinski definition) is 1. The highest BCUT2D eigenvalue weighted by Crippen LogP contribution is 2.16. The number of aryl methyl sites for hydroxylation is 2. The molecule has 1 N–H and O–H groups in total. The monoisotopic (exact) mass is 258 g/mol. The van der Waals surface area contributed by atoms with Crippen LogP contribution in [0.15, 0.2) is 24.4 Å². The van der Waals surface area contributed by atoms with Crippen molar-refractivity contribution < 1.29 is 4.39 Å². The third kappa shape index (κ3) is 3.10. The first kappa shape index (κ1) is 13.1. The van der Waals surface area contributed by atoms with Gasteiger partial charge in [-0.25, -0.2) is 4.39 Å². The fourth-order valence-corrected chi connectivity index (χ4v) is 1.98. The van der Waals surface area contributed by atoms with Crippen molar-refractivity contribution in [2.45, 2.75) is 19.9 Å². The van der Waals surface area contributed by atoms with Gasteiger partial charge in [0.1, 0.15) is 5.82 Å². The molecule has 0 bridgehead atoms. The lowest BCUT2D eigenvalue weighted by Gasteiger charge is -2.06. The van der Waals surface area contributed by atoms with E-state index in [9.17, 15) is 4.39 Å². The van der Waals surface area contributed by atoms with Crippen LogP contribution in [0.2, 0.25) is 0 Å². The molecule has 2 rings (SSSR count). The van der Waals surface area contributed by atoms with E-state index in [4.69, 9.17) is 5.26 Å². The molecule has 0 radical (unpaired) electrons. The van der Waals surface area contributed by atoms with Crippen LogP contribution in [0.3, 0.4) is 0 Å². The van der Waals surface area contributed by atoms with Crippen LogP contribution < -0.4 is 5.32 Å². The molecule has 5 heteroatoms. The Morgan fingerprint density at radius 1 is 1.42 bits per heavy atom. The lowest BCUT2D eigenvalue weighted by molar-refractivity contribution is 0.627. The van der Waals surface area contributed by atoms with Gasteiger partial charge in [0.25, 0.3) is 0 Å². The predicted molar refractivity (Wildman–Crippen MR) is 71.0 cm³/mol. The zero-order valence-corrected chi connectivity index (χ0v) is 10.9. The second-order valence-electron chi connectivity index (χ2n) is 4.32. The average Bonchev–Trinajstić information content (AvgIpc) is 2.76. The van der Waals surface area contributed by atoms with Gasteiger partial charge in [0, 0.05) is 31.0 Å². The second kappa shape index (κ2) is 5.53. The van der Waals surface area contributed by atoms with Gasteiger partial charge >= 0.3 is 0 Å². The topological polar surface area (TPSA) is 53.6 Å². The number of hydrogen-bond acceptors (Lipinski definition) is 3. The molecule has 0 unspecified atom stereocenters. The number of nitrogens with one attached hydrogen (secondary N) is 1. The maximum atomic E-state index is 13.3. The molecule has 0 atom stereocenters. The van der Waals surface area contributed by atoms with Crippen molar-refractivity contribution in [3.8, 4) is 6.07 Å². The maximum absolute atomic E-state index is 13.3. The fraction of sp³-hybridized carbons (Fsp3) is 0.286. The minimum Gasteiger partial charge on any atom is -0.381 e. The third-order valence-electron chi connectivity index (χ3n) is 2.84. The van der Waals surface area contributed by atoms with Crippen molar-refractivity contribution in [2.75, 3.05) is 5.32 Å². The quantitative estimate of drug-likeness (QED) is 0.917. The summed E-state index contributed by atoms with van der Waals surface area (Å²) in [5.41, 5.74) is 3.01. The molecule has 2 aromatic rings. The summed E-state index contributed by atoms with van der Waals surface area (Å²) in [5, 5.41) is 16.3. The van der Waals surface area contributed by atoms with Gasteiger partial charge in [-0.1, -0.05) is 6.92 Å². The van der Waals surface area contributed by atoms with Gasteiger partial charge in [-0.3, -0.25) is 4.68 Å². The Morgan fingerprint density at radius 2 is 2.21 bits per heavy atom. The molecule has 0 spiro atoms. The molecule has 98 valence electrons. The summed E-state index contributed by atoms with van der Waals surface area (Å²) in [6, 6.07) is 6.16. The Labute approximate surface area is 111 Å². The van der Waals surface area contributed by atoms with Gasteiger partial charge in [-0.15, -0.1) is 0 Å². The minimum absolute atomic E-state index is 0.310. The fourth-order valence-electron chi connectivity index (χ4n) is 1.98. The summed E-state index contributed by atoms with van der Waals surface area (Å²) in [4.78, 5) is 0. The molecule has 0 aliphatic heterocycles. The van der Waals surface area contributed by atoms with E-state index in [0.29, 0.717) is 17.8 Å². The number of nitrogens with zero attached hydrogens (tertiary/aromatic N) is 3. The van der Waals surface area contributed by atoms with Crippen LogP contribution in [0.4, 0.5) is 10.1 Å². The van der Waals surface area contributed by atoms with Crippen LogP contribution in [0.5, 0.6) is 0 Å². The zero-order chi connectivity index (χ0) is 13.8. The Kier molecular flexibility index (Phi) is 3.81. The molecule has 0 amide bonds. The Morgan fingerprint density at radius 3 is 2.89 bits per heavy atom. The molecule has 0 fully saturated rings. The molecule has 1 aromatic heterocycles. The summed E-state index contributed by atoms with van der Waals surface area (Å²) in [6.45, 7) is 2.60. The van der Waals surface area contributed by atoms with Crippen LogP contribution >= 0.6 is 0 Å². The first-order chi connectivity index (χ1) is 9.12. The van der Waals surface area contributed by atoms with Crippen molar-refractivity contribution in [2.24, 2.45) is 7.05 Å². The number of halogens is 1. The first-order valence-corrected chi connectivity index (χ1v) is 6.08. The zero-order valence-electron chi connectivity index (χ0n) is 10.9. The van der Waals surface area contributed by atoms with Crippen LogP contribution in [0.25, 0.3) is 0 Å². The van der Waals surface area contributed by atoms with Crippen molar-refractivity contribution in [1.29, 1.82) is 5.26 Å². The van der Waals surface area contributed by atoms with Crippen LogP contribution in [0, 0.1) is 17.1 Å². The largest absolute Gasteiger partial charge is 0.381 e. The van der Waals surface area contributed by atoms with E-state index in [2.05, 4.69) is 10.4 Å². The number of nitriles is 1. The van der Waals surface area contributed by atoms with Crippen LogP contribution in [0.1, 0.15) is 23.7 Å². The highest BCUT2D eigenvalue weighted by Gasteiger charge is 2.06. The molecule has 1 aromatic carbocycles. The molecule has 4 nitrogen and oxygen atoms in total. The van der Waals surface area contributed by atoms with E-state index >= 15 is 0 Å². The summed E-state index contributed by atoms with van der Waals surface area (Å²) < 4.78 is 15.0. The summed E-state index contributed by atoms with van der Waals surface area (Å²) >= 11 is 0. The van der Waals surface area contributed by atoms with E-state index in [0.717, 1.165) is 17.7 Å². The van der Waals surface area contributed by atoms with Gasteiger partial charge < -0.3 is 5.32 Å². The third-order valence-corrected chi connectivity index (χ3v) is 2.84.